The number of hydrogen-bond donors (Lipinski definition) is 1. The molecule has 0 radical (unpaired) electrons. The maximum atomic E-state index is 12.8. The molecule has 4 nitrogen and oxygen atoms in total. The van der Waals surface area contributed by atoms with E-state index in [4.69, 9.17) is 0 Å². The average molecular weight is 273 g/mol. The third kappa shape index (κ3) is 2.18. The van der Waals surface area contributed by atoms with Gasteiger partial charge in [0.1, 0.15) is 0 Å². The van der Waals surface area contributed by atoms with Gasteiger partial charge in [-0.2, -0.15) is 0 Å². The maximum Gasteiger partial charge on any atom is 0.254 e. The normalized spacial score (nSPS) is 28.6. The van der Waals surface area contributed by atoms with Crippen molar-refractivity contribution in [3.63, 3.8) is 0 Å². The molecule has 1 aromatic carbocycles. The van der Waals surface area contributed by atoms with Gasteiger partial charge in [-0.05, 0) is 43.5 Å². The zero-order valence-corrected chi connectivity index (χ0v) is 12.5. The van der Waals surface area contributed by atoms with Crippen molar-refractivity contribution in [2.45, 2.75) is 25.4 Å². The van der Waals surface area contributed by atoms with Gasteiger partial charge in [0.15, 0.2) is 0 Å². The van der Waals surface area contributed by atoms with Crippen LogP contribution in [0.25, 0.3) is 0 Å². The number of likely N-dealkylation sites (tertiary alicyclic amines) is 1. The number of nitrogens with one attached hydrogen (secondary N) is 1. The van der Waals surface area contributed by atoms with Crippen LogP contribution in [0.2, 0.25) is 0 Å². The van der Waals surface area contributed by atoms with Gasteiger partial charge >= 0.3 is 0 Å². The average Bonchev–Trinajstić information content (AvgIpc) is 2.98. The molecule has 2 heterocycles. The lowest BCUT2D eigenvalue weighted by Crippen LogP contribution is -2.42. The molecule has 1 amide bonds. The molecule has 0 bridgehead atoms. The molecule has 0 saturated carbocycles. The van der Waals surface area contributed by atoms with Crippen molar-refractivity contribution >= 4 is 11.6 Å². The summed E-state index contributed by atoms with van der Waals surface area (Å²) in [6.45, 7) is 4.17. The zero-order valence-electron chi connectivity index (χ0n) is 12.5. The lowest BCUT2D eigenvalue weighted by Gasteiger charge is -2.28. The minimum absolute atomic E-state index is 0.180. The summed E-state index contributed by atoms with van der Waals surface area (Å²) in [5.74, 6) is 0.814. The molecule has 3 atom stereocenters. The molecule has 2 saturated heterocycles. The summed E-state index contributed by atoms with van der Waals surface area (Å²) in [5.41, 5.74) is 1.92. The molecule has 3 unspecified atom stereocenters. The van der Waals surface area contributed by atoms with Crippen LogP contribution in [0.3, 0.4) is 0 Å². The molecular weight excluding hydrogens is 250 g/mol. The maximum absolute atomic E-state index is 12.8. The summed E-state index contributed by atoms with van der Waals surface area (Å²) in [4.78, 5) is 16.9. The second-order valence-electron chi connectivity index (χ2n) is 6.22. The second-order valence-corrected chi connectivity index (χ2v) is 6.22. The predicted octanol–water partition coefficient (Wildman–Crippen LogP) is 1.57. The molecule has 20 heavy (non-hydrogen) atoms. The fraction of sp³-hybridized carbons (Fsp3) is 0.562. The van der Waals surface area contributed by atoms with E-state index in [1.807, 2.05) is 43.3 Å². The molecule has 0 aromatic heterocycles. The Morgan fingerprint density at radius 2 is 1.95 bits per heavy atom. The number of carbonyl (C=O) groups is 1. The Kier molecular flexibility index (Phi) is 3.42. The number of anilines is 1. The van der Waals surface area contributed by atoms with Crippen molar-refractivity contribution in [2.24, 2.45) is 5.92 Å². The highest BCUT2D eigenvalue weighted by Crippen LogP contribution is 2.33. The van der Waals surface area contributed by atoms with Gasteiger partial charge < -0.3 is 15.1 Å². The quantitative estimate of drug-likeness (QED) is 0.888. The van der Waals surface area contributed by atoms with Gasteiger partial charge in [-0.25, -0.2) is 0 Å². The highest BCUT2D eigenvalue weighted by molar-refractivity contribution is 5.95. The van der Waals surface area contributed by atoms with E-state index in [2.05, 4.69) is 17.1 Å². The summed E-state index contributed by atoms with van der Waals surface area (Å²) in [5, 5.41) is 3.40. The molecule has 2 aliphatic rings. The predicted molar refractivity (Wildman–Crippen MR) is 81.2 cm³/mol. The summed E-state index contributed by atoms with van der Waals surface area (Å²) < 4.78 is 0. The monoisotopic (exact) mass is 273 g/mol. The Morgan fingerprint density at radius 1 is 1.25 bits per heavy atom. The van der Waals surface area contributed by atoms with Gasteiger partial charge in [-0.1, -0.05) is 0 Å². The van der Waals surface area contributed by atoms with E-state index in [9.17, 15) is 4.79 Å². The third-order valence-corrected chi connectivity index (χ3v) is 4.65. The van der Waals surface area contributed by atoms with E-state index in [-0.39, 0.29) is 5.91 Å². The number of rotatable bonds is 2. The number of fused-ring (bicyclic) bond motifs is 1. The second kappa shape index (κ2) is 5.09. The molecule has 4 heteroatoms. The van der Waals surface area contributed by atoms with E-state index in [1.165, 1.54) is 0 Å². The van der Waals surface area contributed by atoms with Crippen molar-refractivity contribution in [3.05, 3.63) is 29.8 Å². The lowest BCUT2D eigenvalue weighted by molar-refractivity contribution is 0.0682. The molecule has 0 aliphatic carbocycles. The fourth-order valence-corrected chi connectivity index (χ4v) is 3.57. The van der Waals surface area contributed by atoms with Crippen LogP contribution in [0.5, 0.6) is 0 Å². The first-order valence-corrected chi connectivity index (χ1v) is 7.38. The first-order chi connectivity index (χ1) is 9.58. The van der Waals surface area contributed by atoms with Crippen LogP contribution in [-0.2, 0) is 0 Å². The third-order valence-electron chi connectivity index (χ3n) is 4.65. The van der Waals surface area contributed by atoms with Gasteiger partial charge in [0.25, 0.3) is 5.91 Å². The topological polar surface area (TPSA) is 35.6 Å². The Morgan fingerprint density at radius 3 is 2.60 bits per heavy atom. The van der Waals surface area contributed by atoms with Crippen LogP contribution >= 0.6 is 0 Å². The fourth-order valence-electron chi connectivity index (χ4n) is 3.57. The number of benzene rings is 1. The van der Waals surface area contributed by atoms with Crippen LogP contribution < -0.4 is 10.2 Å². The van der Waals surface area contributed by atoms with Gasteiger partial charge in [0.05, 0.1) is 0 Å². The number of nitrogens with zero attached hydrogens (tertiary/aromatic N) is 2. The molecular formula is C16H23N3O. The molecule has 1 N–H and O–H groups in total. The highest BCUT2D eigenvalue weighted by Gasteiger charge is 2.44. The Hall–Kier alpha value is -1.55. The van der Waals surface area contributed by atoms with Gasteiger partial charge in [0, 0.05) is 50.5 Å². The molecule has 2 fully saturated rings. The molecule has 1 aromatic rings. The van der Waals surface area contributed by atoms with Crippen molar-refractivity contribution in [1.29, 1.82) is 0 Å². The number of hydrogen-bond acceptors (Lipinski definition) is 3. The minimum atomic E-state index is 0.180. The van der Waals surface area contributed by atoms with Crippen LogP contribution in [0.1, 0.15) is 23.7 Å². The summed E-state index contributed by atoms with van der Waals surface area (Å²) in [7, 11) is 4.02. The van der Waals surface area contributed by atoms with Crippen molar-refractivity contribution in [1.82, 2.24) is 10.2 Å². The molecule has 2 aliphatic heterocycles. The van der Waals surface area contributed by atoms with Crippen LogP contribution in [0.15, 0.2) is 24.3 Å². The number of amides is 1. The Balaban J connectivity index is 1.81. The Labute approximate surface area is 120 Å². The van der Waals surface area contributed by atoms with Crippen LogP contribution in [0, 0.1) is 5.92 Å². The van der Waals surface area contributed by atoms with E-state index in [0.29, 0.717) is 18.0 Å². The molecule has 108 valence electrons. The largest absolute Gasteiger partial charge is 0.378 e. The lowest BCUT2D eigenvalue weighted by atomic mass is 10.0. The summed E-state index contributed by atoms with van der Waals surface area (Å²) >= 11 is 0. The first kappa shape index (κ1) is 13.4. The standard InChI is InChI=1S/C16H23N3O/c1-11-8-13-9-17-10-15(13)19(11)16(20)12-4-6-14(7-5-12)18(2)3/h4-7,11,13,15,17H,8-10H2,1-3H3. The Bertz CT molecular complexity index is 497. The molecule has 3 rings (SSSR count). The zero-order chi connectivity index (χ0) is 14.3. The van der Waals surface area contributed by atoms with Gasteiger partial charge in [-0.15, -0.1) is 0 Å². The minimum Gasteiger partial charge on any atom is -0.378 e. The van der Waals surface area contributed by atoms with E-state index >= 15 is 0 Å². The van der Waals surface area contributed by atoms with Crippen molar-refractivity contribution in [3.8, 4) is 0 Å². The van der Waals surface area contributed by atoms with Crippen LogP contribution in [0.4, 0.5) is 5.69 Å². The number of carbonyl (C=O) groups excluding carboxylic acids is 1. The van der Waals surface area contributed by atoms with E-state index in [0.717, 1.165) is 30.8 Å². The van der Waals surface area contributed by atoms with Crippen LogP contribution in [-0.4, -0.2) is 50.1 Å². The van der Waals surface area contributed by atoms with Gasteiger partial charge in [-0.3, -0.25) is 4.79 Å². The first-order valence-electron chi connectivity index (χ1n) is 7.38. The van der Waals surface area contributed by atoms with Crippen molar-refractivity contribution < 1.29 is 4.79 Å². The van der Waals surface area contributed by atoms with E-state index in [1.54, 1.807) is 0 Å². The van der Waals surface area contributed by atoms with Gasteiger partial charge in [0.2, 0.25) is 0 Å². The van der Waals surface area contributed by atoms with E-state index < -0.39 is 0 Å². The summed E-state index contributed by atoms with van der Waals surface area (Å²) in [6, 6.07) is 8.65. The van der Waals surface area contributed by atoms with Crippen molar-refractivity contribution in [2.75, 3.05) is 32.1 Å². The smallest absolute Gasteiger partial charge is 0.254 e. The molecule has 0 spiro atoms. The SMILES string of the molecule is CC1CC2CNCC2N1C(=O)c1ccc(N(C)C)cc1. The highest BCUT2D eigenvalue weighted by atomic mass is 16.2. The summed E-state index contributed by atoms with van der Waals surface area (Å²) in [6.07, 6.45) is 1.12.